The largest absolute Gasteiger partial charge is 0.357 e. The van der Waals surface area contributed by atoms with Crippen LogP contribution >= 0.6 is 0 Å². The summed E-state index contributed by atoms with van der Waals surface area (Å²) in [5.74, 6) is 1.02. The van der Waals surface area contributed by atoms with Gasteiger partial charge in [0, 0.05) is 51.4 Å². The number of aromatic nitrogens is 2. The third-order valence-corrected chi connectivity index (χ3v) is 4.34. The Morgan fingerprint density at radius 2 is 2.04 bits per heavy atom. The lowest BCUT2D eigenvalue weighted by atomic mass is 10.3. The Kier molecular flexibility index (Phi) is 7.76. The molecule has 0 bridgehead atoms. The number of nitrogens with one attached hydrogen (secondary N) is 2. The molecular formula is C18H32N6O. The summed E-state index contributed by atoms with van der Waals surface area (Å²) in [5.41, 5.74) is 2.24. The van der Waals surface area contributed by atoms with Crippen LogP contribution in [0, 0.1) is 13.8 Å². The number of likely N-dealkylation sites (tertiary alicyclic amines) is 1. The highest BCUT2D eigenvalue weighted by atomic mass is 16.2. The van der Waals surface area contributed by atoms with E-state index in [4.69, 9.17) is 0 Å². The molecule has 1 saturated heterocycles. The summed E-state index contributed by atoms with van der Waals surface area (Å²) in [6.07, 6.45) is 3.73. The fourth-order valence-electron chi connectivity index (χ4n) is 3.07. The van der Waals surface area contributed by atoms with Crippen molar-refractivity contribution in [3.63, 3.8) is 0 Å². The second-order valence-corrected chi connectivity index (χ2v) is 6.53. The van der Waals surface area contributed by atoms with Gasteiger partial charge < -0.3 is 15.5 Å². The predicted octanol–water partition coefficient (Wildman–Crippen LogP) is 1.46. The molecule has 0 aromatic carbocycles. The molecular weight excluding hydrogens is 316 g/mol. The minimum Gasteiger partial charge on any atom is -0.357 e. The number of rotatable bonds is 8. The van der Waals surface area contributed by atoms with Gasteiger partial charge in [-0.15, -0.1) is 0 Å². The van der Waals surface area contributed by atoms with Crippen molar-refractivity contribution < 1.29 is 4.79 Å². The van der Waals surface area contributed by atoms with Gasteiger partial charge in [0.15, 0.2) is 5.96 Å². The van der Waals surface area contributed by atoms with Crippen LogP contribution in [0.2, 0.25) is 0 Å². The molecule has 1 aliphatic rings. The molecule has 0 spiro atoms. The fraction of sp³-hybridized carbons (Fsp3) is 0.722. The molecule has 7 heteroatoms. The predicted molar refractivity (Wildman–Crippen MR) is 101 cm³/mol. The molecule has 2 rings (SSSR count). The standard InChI is InChI=1S/C18H32N6O/c1-4-19-18(21-10-8-17(25)23-11-5-6-12-23)20-9-7-13-24-16(3)14-15(2)22-24/h14H,4-13H2,1-3H3,(H2,19,20,21). The van der Waals surface area contributed by atoms with Gasteiger partial charge in [-0.2, -0.15) is 5.10 Å². The molecule has 0 radical (unpaired) electrons. The van der Waals surface area contributed by atoms with Gasteiger partial charge in [0.05, 0.1) is 5.69 Å². The van der Waals surface area contributed by atoms with E-state index < -0.39 is 0 Å². The van der Waals surface area contributed by atoms with Crippen molar-refractivity contribution in [2.75, 3.05) is 32.7 Å². The summed E-state index contributed by atoms with van der Waals surface area (Å²) in [6.45, 7) is 11.0. The first-order valence-electron chi connectivity index (χ1n) is 9.41. The van der Waals surface area contributed by atoms with E-state index in [0.29, 0.717) is 13.0 Å². The number of amides is 1. The molecule has 7 nitrogen and oxygen atoms in total. The summed E-state index contributed by atoms with van der Waals surface area (Å²) in [7, 11) is 0. The lowest BCUT2D eigenvalue weighted by Gasteiger charge is -2.16. The minimum atomic E-state index is 0.241. The number of guanidine groups is 1. The smallest absolute Gasteiger partial charge is 0.224 e. The molecule has 1 aromatic heterocycles. The van der Waals surface area contributed by atoms with Crippen molar-refractivity contribution >= 4 is 11.9 Å². The zero-order valence-corrected chi connectivity index (χ0v) is 15.8. The van der Waals surface area contributed by atoms with Crippen LogP contribution in [0.3, 0.4) is 0 Å². The van der Waals surface area contributed by atoms with Crippen LogP contribution in [0.1, 0.15) is 44.0 Å². The van der Waals surface area contributed by atoms with Crippen LogP contribution in [-0.4, -0.2) is 59.3 Å². The zero-order valence-electron chi connectivity index (χ0n) is 15.8. The molecule has 2 N–H and O–H groups in total. The van der Waals surface area contributed by atoms with Gasteiger partial charge >= 0.3 is 0 Å². The Balaban J connectivity index is 1.70. The Morgan fingerprint density at radius 1 is 1.28 bits per heavy atom. The van der Waals surface area contributed by atoms with Gasteiger partial charge in [0.2, 0.25) is 5.91 Å². The number of carbonyl (C=O) groups excluding carboxylic acids is 1. The van der Waals surface area contributed by atoms with E-state index in [2.05, 4.69) is 33.7 Å². The molecule has 0 saturated carbocycles. The Hall–Kier alpha value is -2.05. The zero-order chi connectivity index (χ0) is 18.1. The molecule has 0 unspecified atom stereocenters. The number of hydrogen-bond acceptors (Lipinski definition) is 3. The average Bonchev–Trinajstić information content (AvgIpc) is 3.21. The van der Waals surface area contributed by atoms with Gasteiger partial charge in [-0.05, 0) is 46.1 Å². The van der Waals surface area contributed by atoms with E-state index in [0.717, 1.165) is 63.6 Å². The van der Waals surface area contributed by atoms with Crippen molar-refractivity contribution in [1.82, 2.24) is 25.3 Å². The van der Waals surface area contributed by atoms with Gasteiger partial charge in [0.25, 0.3) is 0 Å². The van der Waals surface area contributed by atoms with Crippen LogP contribution in [0.5, 0.6) is 0 Å². The summed E-state index contributed by atoms with van der Waals surface area (Å²) in [5, 5.41) is 11.0. The second kappa shape index (κ2) is 10.1. The van der Waals surface area contributed by atoms with Gasteiger partial charge in [-0.1, -0.05) is 0 Å². The summed E-state index contributed by atoms with van der Waals surface area (Å²) >= 11 is 0. The fourth-order valence-corrected chi connectivity index (χ4v) is 3.07. The van der Waals surface area contributed by atoms with Crippen LogP contribution < -0.4 is 10.6 Å². The second-order valence-electron chi connectivity index (χ2n) is 6.53. The molecule has 1 amide bonds. The van der Waals surface area contributed by atoms with Crippen molar-refractivity contribution in [2.45, 2.75) is 53.0 Å². The Bertz CT molecular complexity index is 574. The maximum absolute atomic E-state index is 12.1. The van der Waals surface area contributed by atoms with Crippen LogP contribution in [-0.2, 0) is 11.3 Å². The topological polar surface area (TPSA) is 74.5 Å². The highest BCUT2D eigenvalue weighted by Gasteiger charge is 2.17. The molecule has 0 aliphatic carbocycles. The van der Waals surface area contributed by atoms with Crippen molar-refractivity contribution in [3.8, 4) is 0 Å². The summed E-state index contributed by atoms with van der Waals surface area (Å²) in [6, 6.07) is 2.09. The molecule has 25 heavy (non-hydrogen) atoms. The number of nitrogens with zero attached hydrogens (tertiary/aromatic N) is 4. The molecule has 2 heterocycles. The van der Waals surface area contributed by atoms with Gasteiger partial charge in [-0.3, -0.25) is 14.5 Å². The quantitative estimate of drug-likeness (QED) is 0.424. The molecule has 1 aliphatic heterocycles. The minimum absolute atomic E-state index is 0.241. The maximum Gasteiger partial charge on any atom is 0.224 e. The van der Waals surface area contributed by atoms with Crippen molar-refractivity contribution in [3.05, 3.63) is 17.5 Å². The molecule has 0 atom stereocenters. The highest BCUT2D eigenvalue weighted by Crippen LogP contribution is 2.08. The Morgan fingerprint density at radius 3 is 2.68 bits per heavy atom. The third kappa shape index (κ3) is 6.40. The number of carbonyl (C=O) groups is 1. The van der Waals surface area contributed by atoms with Crippen LogP contribution in [0.25, 0.3) is 0 Å². The maximum atomic E-state index is 12.1. The number of aliphatic imine (C=N–C) groups is 1. The van der Waals surface area contributed by atoms with E-state index in [-0.39, 0.29) is 5.91 Å². The van der Waals surface area contributed by atoms with E-state index >= 15 is 0 Å². The number of aryl methyl sites for hydroxylation is 3. The lowest BCUT2D eigenvalue weighted by molar-refractivity contribution is -0.129. The van der Waals surface area contributed by atoms with E-state index in [1.54, 1.807) is 0 Å². The Labute approximate surface area is 150 Å². The molecule has 1 fully saturated rings. The SMILES string of the molecule is CCNC(=NCCCn1nc(C)cc1C)NCCC(=O)N1CCCC1. The third-order valence-electron chi connectivity index (χ3n) is 4.34. The first-order chi connectivity index (χ1) is 12.1. The van der Waals surface area contributed by atoms with Gasteiger partial charge in [0.1, 0.15) is 0 Å². The summed E-state index contributed by atoms with van der Waals surface area (Å²) in [4.78, 5) is 18.6. The van der Waals surface area contributed by atoms with Crippen LogP contribution in [0.4, 0.5) is 0 Å². The normalized spacial score (nSPS) is 14.8. The first kappa shape index (κ1) is 19.3. The molecule has 1 aromatic rings. The monoisotopic (exact) mass is 348 g/mol. The highest BCUT2D eigenvalue weighted by molar-refractivity contribution is 5.81. The van der Waals surface area contributed by atoms with E-state index in [1.165, 1.54) is 5.69 Å². The summed E-state index contributed by atoms with van der Waals surface area (Å²) < 4.78 is 2.03. The van der Waals surface area contributed by atoms with Gasteiger partial charge in [-0.25, -0.2) is 0 Å². The van der Waals surface area contributed by atoms with E-state index in [9.17, 15) is 4.79 Å². The number of hydrogen-bond donors (Lipinski definition) is 2. The van der Waals surface area contributed by atoms with Crippen molar-refractivity contribution in [1.29, 1.82) is 0 Å². The average molecular weight is 348 g/mol. The lowest BCUT2D eigenvalue weighted by Crippen LogP contribution is -2.39. The molecule has 140 valence electrons. The van der Waals surface area contributed by atoms with Crippen LogP contribution in [0.15, 0.2) is 11.1 Å². The van der Waals surface area contributed by atoms with Crippen molar-refractivity contribution in [2.24, 2.45) is 4.99 Å². The first-order valence-corrected chi connectivity index (χ1v) is 9.41. The van der Waals surface area contributed by atoms with E-state index in [1.807, 2.05) is 23.4 Å².